The summed E-state index contributed by atoms with van der Waals surface area (Å²) in [6.45, 7) is 1.12. The largest absolute Gasteiger partial charge is 0.481 e. The highest BCUT2D eigenvalue weighted by Crippen LogP contribution is 2.35. The summed E-state index contributed by atoms with van der Waals surface area (Å²) in [5.74, 6) is -1.08. The molecule has 0 atom stereocenters. The average molecular weight is 269 g/mol. The van der Waals surface area contributed by atoms with E-state index in [4.69, 9.17) is 5.11 Å². The fourth-order valence-corrected chi connectivity index (χ4v) is 2.52. The number of urea groups is 1. The molecule has 2 fully saturated rings. The van der Waals surface area contributed by atoms with Crippen molar-refractivity contribution in [1.29, 1.82) is 0 Å². The Hall–Kier alpha value is -1.79. The van der Waals surface area contributed by atoms with Gasteiger partial charge < -0.3 is 20.6 Å². The van der Waals surface area contributed by atoms with Crippen molar-refractivity contribution in [3.63, 3.8) is 0 Å². The summed E-state index contributed by atoms with van der Waals surface area (Å²) >= 11 is 0. The molecule has 19 heavy (non-hydrogen) atoms. The predicted octanol–water partition coefficient (Wildman–Crippen LogP) is -0.0847. The van der Waals surface area contributed by atoms with Gasteiger partial charge in [-0.25, -0.2) is 4.79 Å². The number of carboxylic acids is 1. The summed E-state index contributed by atoms with van der Waals surface area (Å²) in [4.78, 5) is 35.8. The molecular formula is C12H19N3O4. The third kappa shape index (κ3) is 3.36. The van der Waals surface area contributed by atoms with Crippen LogP contribution >= 0.6 is 0 Å². The molecule has 1 aliphatic heterocycles. The lowest BCUT2D eigenvalue weighted by molar-refractivity contribution is -0.139. The van der Waals surface area contributed by atoms with Crippen molar-refractivity contribution in [2.75, 3.05) is 19.6 Å². The zero-order valence-corrected chi connectivity index (χ0v) is 10.8. The van der Waals surface area contributed by atoms with Crippen molar-refractivity contribution in [3.05, 3.63) is 0 Å². The highest BCUT2D eigenvalue weighted by molar-refractivity contribution is 5.85. The van der Waals surface area contributed by atoms with Gasteiger partial charge in [-0.15, -0.1) is 0 Å². The van der Waals surface area contributed by atoms with Gasteiger partial charge >= 0.3 is 12.0 Å². The zero-order chi connectivity index (χ0) is 13.9. The Morgan fingerprint density at radius 1 is 1.37 bits per heavy atom. The van der Waals surface area contributed by atoms with Crippen LogP contribution in [0.2, 0.25) is 0 Å². The van der Waals surface area contributed by atoms with E-state index >= 15 is 0 Å². The lowest BCUT2D eigenvalue weighted by Crippen LogP contribution is -2.58. The molecule has 3 amide bonds. The summed E-state index contributed by atoms with van der Waals surface area (Å²) in [5, 5.41) is 14.4. The van der Waals surface area contributed by atoms with E-state index in [1.807, 2.05) is 0 Å². The molecule has 2 rings (SSSR count). The normalized spacial score (nSPS) is 21.9. The topological polar surface area (TPSA) is 98.7 Å². The molecule has 0 aromatic heterocycles. The van der Waals surface area contributed by atoms with Crippen LogP contribution in [0.1, 0.15) is 32.1 Å². The van der Waals surface area contributed by atoms with Crippen LogP contribution in [0.5, 0.6) is 0 Å². The number of carboxylic acid groups (broad SMARTS) is 1. The van der Waals surface area contributed by atoms with Crippen LogP contribution in [0, 0.1) is 0 Å². The van der Waals surface area contributed by atoms with E-state index in [1.165, 1.54) is 4.90 Å². The highest BCUT2D eigenvalue weighted by atomic mass is 16.4. The molecule has 106 valence electrons. The van der Waals surface area contributed by atoms with E-state index in [1.54, 1.807) is 0 Å². The quantitative estimate of drug-likeness (QED) is 0.667. The first-order chi connectivity index (χ1) is 9.01. The van der Waals surface area contributed by atoms with Crippen LogP contribution in [0.3, 0.4) is 0 Å². The summed E-state index contributed by atoms with van der Waals surface area (Å²) < 4.78 is 0. The van der Waals surface area contributed by atoms with Crippen LogP contribution < -0.4 is 10.6 Å². The first-order valence-corrected chi connectivity index (χ1v) is 6.56. The van der Waals surface area contributed by atoms with Gasteiger partial charge in [0, 0.05) is 13.1 Å². The van der Waals surface area contributed by atoms with E-state index in [0.29, 0.717) is 32.4 Å². The maximum absolute atomic E-state index is 12.1. The Bertz CT molecular complexity index is 392. The molecule has 0 unspecified atom stereocenters. The first kappa shape index (κ1) is 13.6. The maximum atomic E-state index is 12.1. The SMILES string of the molecule is O=C(O)CC1(NC(=O)N2CCCNC(=O)C2)CCC1. The Morgan fingerprint density at radius 2 is 2.11 bits per heavy atom. The number of carbonyl (C=O) groups is 3. The smallest absolute Gasteiger partial charge is 0.318 e. The molecule has 1 saturated heterocycles. The number of carbonyl (C=O) groups excluding carboxylic acids is 2. The number of nitrogens with zero attached hydrogens (tertiary/aromatic N) is 1. The predicted molar refractivity (Wildman–Crippen MR) is 66.6 cm³/mol. The Morgan fingerprint density at radius 3 is 2.68 bits per heavy atom. The fourth-order valence-electron chi connectivity index (χ4n) is 2.52. The molecule has 2 aliphatic rings. The molecule has 7 heteroatoms. The Labute approximate surface area is 111 Å². The van der Waals surface area contributed by atoms with Gasteiger partial charge in [0.15, 0.2) is 0 Å². The average Bonchev–Trinajstić information content (AvgIpc) is 2.50. The van der Waals surface area contributed by atoms with Crippen LogP contribution in [0.15, 0.2) is 0 Å². The number of hydrogen-bond donors (Lipinski definition) is 3. The summed E-state index contributed by atoms with van der Waals surface area (Å²) in [6, 6.07) is -0.335. The van der Waals surface area contributed by atoms with E-state index in [2.05, 4.69) is 10.6 Å². The molecule has 1 aliphatic carbocycles. The lowest BCUT2D eigenvalue weighted by atomic mass is 9.74. The van der Waals surface area contributed by atoms with Crippen molar-refractivity contribution >= 4 is 17.9 Å². The van der Waals surface area contributed by atoms with Crippen molar-refractivity contribution in [1.82, 2.24) is 15.5 Å². The number of rotatable bonds is 3. The molecule has 0 bridgehead atoms. The molecule has 1 heterocycles. The van der Waals surface area contributed by atoms with Gasteiger partial charge in [0.1, 0.15) is 6.54 Å². The van der Waals surface area contributed by atoms with Crippen LogP contribution in [0.4, 0.5) is 4.79 Å². The van der Waals surface area contributed by atoms with E-state index in [0.717, 1.165) is 6.42 Å². The van der Waals surface area contributed by atoms with E-state index in [9.17, 15) is 14.4 Å². The Kier molecular flexibility index (Phi) is 3.92. The Balaban J connectivity index is 1.95. The van der Waals surface area contributed by atoms with Gasteiger partial charge in [-0.1, -0.05) is 0 Å². The van der Waals surface area contributed by atoms with Gasteiger partial charge in [0.2, 0.25) is 5.91 Å². The minimum atomic E-state index is -0.909. The number of aliphatic carboxylic acids is 1. The molecule has 0 aromatic rings. The zero-order valence-electron chi connectivity index (χ0n) is 10.8. The summed E-state index contributed by atoms with van der Waals surface area (Å²) in [6.07, 6.45) is 2.95. The highest BCUT2D eigenvalue weighted by Gasteiger charge is 2.41. The van der Waals surface area contributed by atoms with Gasteiger partial charge in [-0.2, -0.15) is 0 Å². The number of amides is 3. The van der Waals surface area contributed by atoms with E-state index in [-0.39, 0.29) is 24.9 Å². The molecule has 0 aromatic carbocycles. The van der Waals surface area contributed by atoms with Crippen molar-refractivity contribution in [2.45, 2.75) is 37.6 Å². The van der Waals surface area contributed by atoms with Gasteiger partial charge in [-0.05, 0) is 25.7 Å². The second kappa shape index (κ2) is 5.46. The summed E-state index contributed by atoms with van der Waals surface area (Å²) in [5.41, 5.74) is -0.619. The maximum Gasteiger partial charge on any atom is 0.318 e. The number of hydrogen-bond acceptors (Lipinski definition) is 3. The standard InChI is InChI=1S/C12H19N3O4/c16-9-8-15(6-2-5-13-9)11(19)14-12(3-1-4-12)7-10(17)18/h1-8H2,(H,13,16)(H,14,19)(H,17,18). The summed E-state index contributed by atoms with van der Waals surface area (Å²) in [7, 11) is 0. The van der Waals surface area contributed by atoms with Crippen LogP contribution in [0.25, 0.3) is 0 Å². The minimum absolute atomic E-state index is 0.0367. The third-order valence-electron chi connectivity index (χ3n) is 3.72. The van der Waals surface area contributed by atoms with Crippen LogP contribution in [-0.4, -0.2) is 53.1 Å². The second-order valence-corrected chi connectivity index (χ2v) is 5.26. The molecule has 1 saturated carbocycles. The van der Waals surface area contributed by atoms with Crippen molar-refractivity contribution in [2.24, 2.45) is 0 Å². The fraction of sp³-hybridized carbons (Fsp3) is 0.750. The minimum Gasteiger partial charge on any atom is -0.481 e. The van der Waals surface area contributed by atoms with Crippen molar-refractivity contribution in [3.8, 4) is 0 Å². The molecular weight excluding hydrogens is 250 g/mol. The molecule has 7 nitrogen and oxygen atoms in total. The van der Waals surface area contributed by atoms with Crippen molar-refractivity contribution < 1.29 is 19.5 Å². The number of nitrogens with one attached hydrogen (secondary N) is 2. The molecule has 0 spiro atoms. The van der Waals surface area contributed by atoms with Gasteiger partial charge in [0.05, 0.1) is 12.0 Å². The lowest BCUT2D eigenvalue weighted by Gasteiger charge is -2.42. The second-order valence-electron chi connectivity index (χ2n) is 5.26. The van der Waals surface area contributed by atoms with Gasteiger partial charge in [0.25, 0.3) is 0 Å². The van der Waals surface area contributed by atoms with Crippen LogP contribution in [-0.2, 0) is 9.59 Å². The molecule has 3 N–H and O–H groups in total. The third-order valence-corrected chi connectivity index (χ3v) is 3.72. The van der Waals surface area contributed by atoms with E-state index < -0.39 is 11.5 Å². The first-order valence-electron chi connectivity index (χ1n) is 6.56. The van der Waals surface area contributed by atoms with Gasteiger partial charge in [-0.3, -0.25) is 9.59 Å². The molecule has 0 radical (unpaired) electrons. The monoisotopic (exact) mass is 269 g/mol.